The molecule has 0 aliphatic heterocycles. The van der Waals surface area contributed by atoms with E-state index in [1.165, 1.54) is 72.0 Å². The van der Waals surface area contributed by atoms with Gasteiger partial charge in [0.15, 0.2) is 0 Å². The Morgan fingerprint density at radius 2 is 0.976 bits per heavy atom. The van der Waals surface area contributed by atoms with E-state index in [0.29, 0.717) is 0 Å². The third-order valence-corrected chi connectivity index (χ3v) is 9.33. The number of benzene rings is 6. The summed E-state index contributed by atoms with van der Waals surface area (Å²) in [4.78, 5) is 0. The molecule has 6 aromatic carbocycles. The van der Waals surface area contributed by atoms with Gasteiger partial charge in [0.05, 0.1) is 16.7 Å². The first kappa shape index (κ1) is 24.9. The summed E-state index contributed by atoms with van der Waals surface area (Å²) >= 11 is 0. The van der Waals surface area contributed by atoms with Gasteiger partial charge in [-0.2, -0.15) is 0 Å². The van der Waals surface area contributed by atoms with E-state index in [0.717, 1.165) is 12.8 Å². The summed E-state index contributed by atoms with van der Waals surface area (Å²) < 4.78 is 2.52. The lowest BCUT2D eigenvalue weighted by Gasteiger charge is -2.35. The molecule has 1 aromatic heterocycles. The van der Waals surface area contributed by atoms with Crippen LogP contribution in [0.25, 0.3) is 38.6 Å². The molecule has 42 heavy (non-hydrogen) atoms. The van der Waals surface area contributed by atoms with Gasteiger partial charge in [0, 0.05) is 16.2 Å². The van der Waals surface area contributed by atoms with Crippen molar-refractivity contribution < 1.29 is 0 Å². The minimum atomic E-state index is -0.237. The highest BCUT2D eigenvalue weighted by Gasteiger charge is 2.45. The van der Waals surface area contributed by atoms with Crippen molar-refractivity contribution in [2.24, 2.45) is 0 Å². The number of hydrogen-bond donors (Lipinski definition) is 0. The molecule has 0 saturated heterocycles. The van der Waals surface area contributed by atoms with Crippen LogP contribution < -0.4 is 0 Å². The molecule has 1 nitrogen and oxygen atoms in total. The Morgan fingerprint density at radius 1 is 0.476 bits per heavy atom. The van der Waals surface area contributed by atoms with E-state index in [-0.39, 0.29) is 5.41 Å². The summed E-state index contributed by atoms with van der Waals surface area (Å²) in [5.74, 6) is 0. The fraction of sp³-hybridized carbons (Fsp3) is 0.122. The Morgan fingerprint density at radius 3 is 1.57 bits per heavy atom. The number of aryl methyl sites for hydroxylation is 2. The average molecular weight is 540 g/mol. The quantitative estimate of drug-likeness (QED) is 0.205. The summed E-state index contributed by atoms with van der Waals surface area (Å²) in [6, 6.07) is 52.2. The van der Waals surface area contributed by atoms with Crippen molar-refractivity contribution in [3.63, 3.8) is 0 Å². The molecule has 1 aliphatic carbocycles. The highest BCUT2D eigenvalue weighted by atomic mass is 15.0. The molecule has 0 spiro atoms. The predicted octanol–water partition coefficient (Wildman–Crippen LogP) is 10.2. The van der Waals surface area contributed by atoms with Crippen LogP contribution in [0.2, 0.25) is 0 Å². The molecule has 1 aliphatic rings. The smallest absolute Gasteiger partial charge is 0.0541 e. The molecule has 7 aromatic rings. The van der Waals surface area contributed by atoms with Crippen LogP contribution in [0.4, 0.5) is 0 Å². The zero-order chi connectivity index (χ0) is 28.3. The van der Waals surface area contributed by atoms with Gasteiger partial charge in [0.2, 0.25) is 0 Å². The van der Waals surface area contributed by atoms with Crippen LogP contribution in [0.15, 0.2) is 140 Å². The number of hydrogen-bond acceptors (Lipinski definition) is 0. The lowest BCUT2D eigenvalue weighted by atomic mass is 9.69. The van der Waals surface area contributed by atoms with E-state index in [4.69, 9.17) is 0 Å². The van der Waals surface area contributed by atoms with Crippen LogP contribution >= 0.6 is 0 Å². The number of para-hydroxylation sites is 2. The molecule has 0 amide bonds. The molecule has 0 N–H and O–H groups in total. The lowest BCUT2D eigenvalue weighted by Crippen LogP contribution is -2.32. The molecule has 1 heterocycles. The largest absolute Gasteiger partial charge is 0.309 e. The Balaban J connectivity index is 1.48. The van der Waals surface area contributed by atoms with Gasteiger partial charge in [-0.15, -0.1) is 0 Å². The van der Waals surface area contributed by atoms with Gasteiger partial charge in [-0.1, -0.05) is 132 Å². The molecule has 1 heteroatoms. The van der Waals surface area contributed by atoms with Gasteiger partial charge < -0.3 is 4.57 Å². The second-order valence-corrected chi connectivity index (χ2v) is 12.0. The van der Waals surface area contributed by atoms with Crippen LogP contribution in [0, 0.1) is 13.8 Å². The van der Waals surface area contributed by atoms with Crippen molar-refractivity contribution in [1.82, 2.24) is 4.57 Å². The summed E-state index contributed by atoms with van der Waals surface area (Å²) in [6.45, 7) is 4.35. The minimum absolute atomic E-state index is 0.237. The summed E-state index contributed by atoms with van der Waals surface area (Å²) in [6.07, 6.45) is 1.86. The van der Waals surface area contributed by atoms with E-state index in [9.17, 15) is 0 Å². The first-order valence-corrected chi connectivity index (χ1v) is 15.0. The maximum absolute atomic E-state index is 2.52. The van der Waals surface area contributed by atoms with Crippen molar-refractivity contribution in [3.8, 4) is 16.8 Å². The first-order chi connectivity index (χ1) is 20.6. The van der Waals surface area contributed by atoms with Gasteiger partial charge in [0.25, 0.3) is 0 Å². The van der Waals surface area contributed by atoms with Crippen molar-refractivity contribution in [2.75, 3.05) is 0 Å². The fourth-order valence-electron chi connectivity index (χ4n) is 7.44. The predicted molar refractivity (Wildman–Crippen MR) is 177 cm³/mol. The molecule has 0 unspecified atom stereocenters. The average Bonchev–Trinajstić information content (AvgIpc) is 3.50. The van der Waals surface area contributed by atoms with Crippen LogP contribution in [-0.2, 0) is 18.3 Å². The number of aromatic nitrogens is 1. The Kier molecular flexibility index (Phi) is 5.69. The van der Waals surface area contributed by atoms with Gasteiger partial charge in [-0.05, 0) is 78.3 Å². The number of rotatable bonds is 5. The maximum Gasteiger partial charge on any atom is 0.0541 e. The van der Waals surface area contributed by atoms with E-state index < -0.39 is 0 Å². The van der Waals surface area contributed by atoms with Crippen molar-refractivity contribution in [1.29, 1.82) is 0 Å². The summed E-state index contributed by atoms with van der Waals surface area (Å²) in [7, 11) is 0. The van der Waals surface area contributed by atoms with Gasteiger partial charge in [0.1, 0.15) is 0 Å². The van der Waals surface area contributed by atoms with Crippen LogP contribution in [-0.4, -0.2) is 4.57 Å². The molecule has 0 atom stereocenters. The SMILES string of the molecule is Cc1ccc(CC2(Cc3ccc(C)cc3)c3ccccc3-c3cccc(-n4c5ccccc5c5ccccc54)c32)cc1. The van der Waals surface area contributed by atoms with E-state index in [1.807, 2.05) is 0 Å². The molecule has 0 bridgehead atoms. The third-order valence-electron chi connectivity index (χ3n) is 9.33. The van der Waals surface area contributed by atoms with Gasteiger partial charge >= 0.3 is 0 Å². The van der Waals surface area contributed by atoms with Crippen LogP contribution in [0.5, 0.6) is 0 Å². The monoisotopic (exact) mass is 539 g/mol. The molecule has 202 valence electrons. The second-order valence-electron chi connectivity index (χ2n) is 12.0. The van der Waals surface area contributed by atoms with Crippen LogP contribution in [0.3, 0.4) is 0 Å². The zero-order valence-electron chi connectivity index (χ0n) is 24.1. The van der Waals surface area contributed by atoms with Gasteiger partial charge in [-0.3, -0.25) is 0 Å². The zero-order valence-corrected chi connectivity index (χ0v) is 24.1. The van der Waals surface area contributed by atoms with Crippen molar-refractivity contribution >= 4 is 21.8 Å². The van der Waals surface area contributed by atoms with Crippen molar-refractivity contribution in [2.45, 2.75) is 32.1 Å². The maximum atomic E-state index is 2.52. The molecule has 0 saturated carbocycles. The van der Waals surface area contributed by atoms with Gasteiger partial charge in [-0.25, -0.2) is 0 Å². The summed E-state index contributed by atoms with van der Waals surface area (Å²) in [5.41, 5.74) is 14.4. The number of nitrogens with zero attached hydrogens (tertiary/aromatic N) is 1. The Labute approximate surface area is 247 Å². The molecular weight excluding hydrogens is 506 g/mol. The van der Waals surface area contributed by atoms with Crippen LogP contribution in [0.1, 0.15) is 33.4 Å². The normalized spacial score (nSPS) is 13.4. The molecule has 0 radical (unpaired) electrons. The van der Waals surface area contributed by atoms with E-state index >= 15 is 0 Å². The Bertz CT molecular complexity index is 1990. The standard InChI is InChI=1S/C41H33N/c1-28-18-22-30(23-19-28)26-41(27-31-24-20-29(2)21-25-31)36-14-6-3-10-32(36)35-13-9-17-39(40(35)41)42-37-15-7-4-11-33(37)34-12-5-8-16-38(34)42/h3-25H,26-27H2,1-2H3. The molecule has 8 rings (SSSR count). The topological polar surface area (TPSA) is 4.93 Å². The number of fused-ring (bicyclic) bond motifs is 6. The lowest BCUT2D eigenvalue weighted by molar-refractivity contribution is 0.518. The fourth-order valence-corrected chi connectivity index (χ4v) is 7.44. The van der Waals surface area contributed by atoms with E-state index in [1.54, 1.807) is 0 Å². The van der Waals surface area contributed by atoms with Crippen molar-refractivity contribution in [3.05, 3.63) is 173 Å². The summed E-state index contributed by atoms with van der Waals surface area (Å²) in [5, 5.41) is 2.59. The first-order valence-electron chi connectivity index (χ1n) is 15.0. The minimum Gasteiger partial charge on any atom is -0.309 e. The highest BCUT2D eigenvalue weighted by molar-refractivity contribution is 6.09. The third kappa shape index (κ3) is 3.77. The Hall–Kier alpha value is -4.88. The molecule has 0 fully saturated rings. The van der Waals surface area contributed by atoms with E-state index in [2.05, 4.69) is 158 Å². The molecular formula is C41H33N. The second kappa shape index (κ2) is 9.60. The highest BCUT2D eigenvalue weighted by Crippen LogP contribution is 2.55.